The number of hydrogen-bond donors (Lipinski definition) is 3. The lowest BCUT2D eigenvalue weighted by atomic mass is 10.2. The van der Waals surface area contributed by atoms with Crippen LogP contribution in [0.4, 0.5) is 0 Å². The van der Waals surface area contributed by atoms with Crippen molar-refractivity contribution in [2.45, 2.75) is 31.7 Å². The fraction of sp³-hybridized carbons (Fsp3) is 0.562. The van der Waals surface area contributed by atoms with Crippen LogP contribution in [0.5, 0.6) is 0 Å². The van der Waals surface area contributed by atoms with Crippen molar-refractivity contribution in [3.05, 3.63) is 29.8 Å². The van der Waals surface area contributed by atoms with Gasteiger partial charge in [0.2, 0.25) is 10.0 Å². The van der Waals surface area contributed by atoms with Gasteiger partial charge in [-0.1, -0.05) is 19.1 Å². The first kappa shape index (κ1) is 24.1. The molecule has 1 aromatic carbocycles. The van der Waals surface area contributed by atoms with Crippen LogP contribution in [0.1, 0.15) is 25.8 Å². The van der Waals surface area contributed by atoms with Crippen LogP contribution in [0.15, 0.2) is 34.2 Å². The second kappa shape index (κ2) is 13.3. The molecule has 0 spiro atoms. The van der Waals surface area contributed by atoms with Crippen molar-refractivity contribution in [2.24, 2.45) is 4.99 Å². The molecule has 0 aliphatic rings. The van der Waals surface area contributed by atoms with Crippen LogP contribution in [0.3, 0.4) is 0 Å². The van der Waals surface area contributed by atoms with Gasteiger partial charge in [0.05, 0.1) is 18.0 Å². The van der Waals surface area contributed by atoms with E-state index in [0.717, 1.165) is 31.0 Å². The molecule has 0 saturated carbocycles. The minimum atomic E-state index is -3.49. The Bertz CT molecular complexity index is 606. The summed E-state index contributed by atoms with van der Waals surface area (Å²) in [5.74, 6) is 0.761. The lowest BCUT2D eigenvalue weighted by Crippen LogP contribution is -2.37. The normalized spacial score (nSPS) is 11.7. The van der Waals surface area contributed by atoms with Crippen LogP contribution >= 0.6 is 24.0 Å². The van der Waals surface area contributed by atoms with Gasteiger partial charge in [-0.3, -0.25) is 0 Å². The second-order valence-electron chi connectivity index (χ2n) is 5.16. The molecule has 0 aliphatic heterocycles. The Balaban J connectivity index is 0.00000576. The fourth-order valence-electron chi connectivity index (χ4n) is 1.89. The number of sulfonamides is 1. The Labute approximate surface area is 168 Å². The van der Waals surface area contributed by atoms with E-state index in [1.807, 2.05) is 6.92 Å². The summed E-state index contributed by atoms with van der Waals surface area (Å²) in [5.41, 5.74) is 0.944. The number of methoxy groups -OCH3 is 1. The molecule has 0 unspecified atom stereocenters. The van der Waals surface area contributed by atoms with Crippen LogP contribution in [0, 0.1) is 0 Å². The Hall–Kier alpha value is -0.910. The number of nitrogens with zero attached hydrogens (tertiary/aromatic N) is 1. The third-order valence-electron chi connectivity index (χ3n) is 3.14. The maximum absolute atomic E-state index is 12.1. The van der Waals surface area contributed by atoms with Crippen LogP contribution in [0.2, 0.25) is 0 Å². The highest BCUT2D eigenvalue weighted by Gasteiger charge is 2.12. The predicted molar refractivity (Wildman–Crippen MR) is 112 cm³/mol. The van der Waals surface area contributed by atoms with Gasteiger partial charge in [0.15, 0.2) is 5.96 Å². The maximum atomic E-state index is 12.1. The molecule has 9 heteroatoms. The van der Waals surface area contributed by atoms with E-state index in [0.29, 0.717) is 13.2 Å². The molecule has 0 atom stereocenters. The van der Waals surface area contributed by atoms with Crippen LogP contribution in [-0.4, -0.2) is 47.7 Å². The number of rotatable bonds is 10. The molecule has 1 rings (SSSR count). The summed E-state index contributed by atoms with van der Waals surface area (Å²) in [6.45, 7) is 6.83. The molecule has 0 radical (unpaired) electrons. The van der Waals surface area contributed by atoms with Gasteiger partial charge in [-0.05, 0) is 31.0 Å². The maximum Gasteiger partial charge on any atom is 0.240 e. The second-order valence-corrected chi connectivity index (χ2v) is 6.92. The third-order valence-corrected chi connectivity index (χ3v) is 4.62. The largest absolute Gasteiger partial charge is 0.383 e. The SMILES string of the molecule is CCCNC(=NCc1ccc(S(=O)(=O)NCCOC)cc1)NCC.I. The zero-order chi connectivity index (χ0) is 17.8. The first-order valence-corrected chi connectivity index (χ1v) is 9.61. The van der Waals surface area contributed by atoms with Crippen LogP contribution in [-0.2, 0) is 21.3 Å². The summed E-state index contributed by atoms with van der Waals surface area (Å²) in [5, 5.41) is 6.40. The first-order chi connectivity index (χ1) is 11.5. The minimum absolute atomic E-state index is 0. The van der Waals surface area contributed by atoms with Crippen molar-refractivity contribution in [1.82, 2.24) is 15.4 Å². The zero-order valence-electron chi connectivity index (χ0n) is 15.0. The van der Waals surface area contributed by atoms with Gasteiger partial charge >= 0.3 is 0 Å². The molecule has 0 heterocycles. The van der Waals surface area contributed by atoms with Crippen LogP contribution < -0.4 is 15.4 Å². The highest BCUT2D eigenvalue weighted by atomic mass is 127. The van der Waals surface area contributed by atoms with E-state index in [9.17, 15) is 8.42 Å². The molecule has 0 aliphatic carbocycles. The van der Waals surface area contributed by atoms with Crippen molar-refractivity contribution in [3.63, 3.8) is 0 Å². The lowest BCUT2D eigenvalue weighted by Gasteiger charge is -2.10. The van der Waals surface area contributed by atoms with E-state index < -0.39 is 10.0 Å². The number of aliphatic imine (C=N–C) groups is 1. The van der Waals surface area contributed by atoms with E-state index in [1.54, 1.807) is 24.3 Å². The summed E-state index contributed by atoms with van der Waals surface area (Å²) in [6, 6.07) is 6.73. The molecule has 3 N–H and O–H groups in total. The number of halogens is 1. The molecule has 0 saturated heterocycles. The fourth-order valence-corrected chi connectivity index (χ4v) is 2.90. The number of benzene rings is 1. The van der Waals surface area contributed by atoms with Crippen molar-refractivity contribution in [2.75, 3.05) is 33.4 Å². The molecule has 0 aromatic heterocycles. The summed E-state index contributed by atoms with van der Waals surface area (Å²) in [7, 11) is -1.96. The standard InChI is InChI=1S/C16H28N4O3S.HI/c1-4-10-18-16(17-5-2)19-13-14-6-8-15(9-7-14)24(21,22)20-11-12-23-3;/h6-9,20H,4-5,10-13H2,1-3H3,(H2,17,18,19);1H. The number of guanidine groups is 1. The summed E-state index contributed by atoms with van der Waals surface area (Å²) in [6.07, 6.45) is 1.02. The van der Waals surface area contributed by atoms with Gasteiger partial charge in [-0.25, -0.2) is 18.1 Å². The first-order valence-electron chi connectivity index (χ1n) is 8.13. The van der Waals surface area contributed by atoms with Gasteiger partial charge in [-0.15, -0.1) is 24.0 Å². The third kappa shape index (κ3) is 9.38. The molecule has 0 fully saturated rings. The average Bonchev–Trinajstić information content (AvgIpc) is 2.58. The highest BCUT2D eigenvalue weighted by Crippen LogP contribution is 2.11. The average molecular weight is 484 g/mol. The Morgan fingerprint density at radius 2 is 1.80 bits per heavy atom. The van der Waals surface area contributed by atoms with Gasteiger partial charge in [0, 0.05) is 26.7 Å². The monoisotopic (exact) mass is 484 g/mol. The topological polar surface area (TPSA) is 91.8 Å². The Morgan fingerprint density at radius 1 is 1.12 bits per heavy atom. The molecule has 7 nitrogen and oxygen atoms in total. The smallest absolute Gasteiger partial charge is 0.240 e. The Kier molecular flexibility index (Phi) is 12.8. The molecular weight excluding hydrogens is 455 g/mol. The molecular formula is C16H29IN4O3S. The van der Waals surface area contributed by atoms with Crippen molar-refractivity contribution < 1.29 is 13.2 Å². The molecule has 0 bridgehead atoms. The van der Waals surface area contributed by atoms with E-state index in [2.05, 4.69) is 27.3 Å². The molecule has 0 amide bonds. The van der Waals surface area contributed by atoms with Gasteiger partial charge < -0.3 is 15.4 Å². The Morgan fingerprint density at radius 3 is 2.36 bits per heavy atom. The predicted octanol–water partition coefficient (Wildman–Crippen LogP) is 1.69. The summed E-state index contributed by atoms with van der Waals surface area (Å²) >= 11 is 0. The summed E-state index contributed by atoms with van der Waals surface area (Å²) in [4.78, 5) is 4.72. The zero-order valence-corrected chi connectivity index (χ0v) is 18.2. The minimum Gasteiger partial charge on any atom is -0.383 e. The molecule has 144 valence electrons. The van der Waals surface area contributed by atoms with Crippen molar-refractivity contribution in [3.8, 4) is 0 Å². The van der Waals surface area contributed by atoms with Crippen molar-refractivity contribution >= 4 is 40.0 Å². The van der Waals surface area contributed by atoms with Crippen molar-refractivity contribution in [1.29, 1.82) is 0 Å². The number of nitrogens with one attached hydrogen (secondary N) is 3. The van der Waals surface area contributed by atoms with E-state index in [1.165, 1.54) is 7.11 Å². The van der Waals surface area contributed by atoms with E-state index >= 15 is 0 Å². The van der Waals surface area contributed by atoms with E-state index in [-0.39, 0.29) is 35.4 Å². The number of hydrogen-bond acceptors (Lipinski definition) is 4. The molecule has 25 heavy (non-hydrogen) atoms. The highest BCUT2D eigenvalue weighted by molar-refractivity contribution is 14.0. The van der Waals surface area contributed by atoms with Gasteiger partial charge in [-0.2, -0.15) is 0 Å². The summed E-state index contributed by atoms with van der Waals surface area (Å²) < 4.78 is 31.5. The number of ether oxygens (including phenoxy) is 1. The quantitative estimate of drug-likeness (QED) is 0.204. The van der Waals surface area contributed by atoms with Crippen LogP contribution in [0.25, 0.3) is 0 Å². The van der Waals surface area contributed by atoms with E-state index in [4.69, 9.17) is 4.74 Å². The lowest BCUT2D eigenvalue weighted by molar-refractivity contribution is 0.204. The molecule has 1 aromatic rings. The van der Waals surface area contributed by atoms with Gasteiger partial charge in [0.1, 0.15) is 0 Å². The van der Waals surface area contributed by atoms with Gasteiger partial charge in [0.25, 0.3) is 0 Å².